The highest BCUT2D eigenvalue weighted by Gasteiger charge is 2.39. The molecule has 1 aliphatic carbocycles. The van der Waals surface area contributed by atoms with Gasteiger partial charge in [0.25, 0.3) is 0 Å². The lowest BCUT2D eigenvalue weighted by Gasteiger charge is -2.46. The van der Waals surface area contributed by atoms with Crippen LogP contribution in [0, 0.1) is 17.7 Å². The van der Waals surface area contributed by atoms with E-state index in [2.05, 4.69) is 53.1 Å². The average molecular weight is 500 g/mol. The molecule has 4 aliphatic rings. The third-order valence-electron chi connectivity index (χ3n) is 9.00. The fourth-order valence-corrected chi connectivity index (χ4v) is 6.99. The molecule has 1 saturated carbocycles. The maximum atomic E-state index is 16.2. The summed E-state index contributed by atoms with van der Waals surface area (Å²) in [5.41, 5.74) is 3.41. The minimum atomic E-state index is -0.216. The van der Waals surface area contributed by atoms with Gasteiger partial charge in [-0.1, -0.05) is 51.5 Å². The minimum absolute atomic E-state index is 0.182. The van der Waals surface area contributed by atoms with Gasteiger partial charge in [0, 0.05) is 30.0 Å². The predicted octanol–water partition coefficient (Wildman–Crippen LogP) is 4.84. The van der Waals surface area contributed by atoms with Crippen LogP contribution in [0.25, 0.3) is 5.57 Å². The van der Waals surface area contributed by atoms with Gasteiger partial charge in [-0.3, -0.25) is 10.6 Å². The zero-order chi connectivity index (χ0) is 25.2. The molecule has 7 heteroatoms. The number of fused-ring (bicyclic) bond motifs is 1. The molecule has 0 radical (unpaired) electrons. The lowest BCUT2D eigenvalue weighted by molar-refractivity contribution is 0.101. The molecule has 4 N–H and O–H groups in total. The molecule has 0 bridgehead atoms. The van der Waals surface area contributed by atoms with Gasteiger partial charge in [-0.05, 0) is 58.0 Å². The topological polar surface area (TPSA) is 60.6 Å². The van der Waals surface area contributed by atoms with Crippen LogP contribution in [-0.2, 0) is 0 Å². The number of anilines is 1. The molecule has 2 fully saturated rings. The van der Waals surface area contributed by atoms with Crippen LogP contribution >= 0.6 is 0 Å². The molecule has 3 aliphatic heterocycles. The van der Waals surface area contributed by atoms with E-state index in [0.717, 1.165) is 42.8 Å². The van der Waals surface area contributed by atoms with Crippen LogP contribution in [0.2, 0.25) is 0 Å². The molecule has 0 aromatic heterocycles. The van der Waals surface area contributed by atoms with E-state index in [0.29, 0.717) is 35.7 Å². The molecule has 36 heavy (non-hydrogen) atoms. The number of likely N-dealkylation sites (N-methyl/N-ethyl adjacent to an activating group) is 1. The van der Waals surface area contributed by atoms with Gasteiger partial charge in [0.1, 0.15) is 12.0 Å². The Kier molecular flexibility index (Phi) is 8.21. The number of halogens is 1. The molecule has 0 amide bonds. The Morgan fingerprint density at radius 3 is 2.61 bits per heavy atom. The van der Waals surface area contributed by atoms with Gasteiger partial charge in [-0.25, -0.2) is 4.39 Å². The van der Waals surface area contributed by atoms with Crippen LogP contribution in [0.3, 0.4) is 0 Å². The first-order valence-corrected chi connectivity index (χ1v) is 14.3. The third-order valence-corrected chi connectivity index (χ3v) is 9.00. The Morgan fingerprint density at radius 2 is 1.86 bits per heavy atom. The quantitative estimate of drug-likeness (QED) is 0.435. The zero-order valence-corrected chi connectivity index (χ0v) is 22.6. The largest absolute Gasteiger partial charge is 0.492 e. The molecule has 5 unspecified atom stereocenters. The Morgan fingerprint density at radius 1 is 1.08 bits per heavy atom. The SMILES string of the molecule is CNC1NC(Nc2cc3c(c(C4=CCN(C)CCC4)c2F)OCC3C)NC(C)C1C1CCCCCC1. The van der Waals surface area contributed by atoms with E-state index in [1.807, 2.05) is 13.1 Å². The van der Waals surface area contributed by atoms with Crippen molar-refractivity contribution in [2.75, 3.05) is 39.1 Å². The van der Waals surface area contributed by atoms with Crippen molar-refractivity contribution in [2.45, 2.75) is 89.6 Å². The molecule has 1 aromatic carbocycles. The van der Waals surface area contributed by atoms with E-state index in [-0.39, 0.29) is 24.2 Å². The van der Waals surface area contributed by atoms with Crippen molar-refractivity contribution < 1.29 is 9.13 Å². The highest BCUT2D eigenvalue weighted by molar-refractivity contribution is 5.77. The maximum absolute atomic E-state index is 16.2. The zero-order valence-electron chi connectivity index (χ0n) is 22.6. The summed E-state index contributed by atoms with van der Waals surface area (Å²) < 4.78 is 22.3. The summed E-state index contributed by atoms with van der Waals surface area (Å²) in [4.78, 5) is 2.29. The molecular formula is C29H46FN5O. The number of hydrogen-bond acceptors (Lipinski definition) is 6. The number of ether oxygens (including phenoxy) is 1. The smallest absolute Gasteiger partial charge is 0.157 e. The molecule has 1 saturated heterocycles. The molecule has 0 spiro atoms. The minimum Gasteiger partial charge on any atom is -0.492 e. The molecule has 5 rings (SSSR count). The van der Waals surface area contributed by atoms with Crippen molar-refractivity contribution in [3.05, 3.63) is 29.1 Å². The van der Waals surface area contributed by atoms with Crippen LogP contribution in [0.4, 0.5) is 10.1 Å². The van der Waals surface area contributed by atoms with E-state index in [4.69, 9.17) is 4.74 Å². The Balaban J connectivity index is 1.40. The van der Waals surface area contributed by atoms with Crippen molar-refractivity contribution >= 4 is 11.3 Å². The number of nitrogens with one attached hydrogen (secondary N) is 4. The summed E-state index contributed by atoms with van der Waals surface area (Å²) in [6.07, 6.45) is 12.1. The normalized spacial score (nSPS) is 32.2. The van der Waals surface area contributed by atoms with Gasteiger partial charge in [0.05, 0.1) is 24.0 Å². The molecule has 3 heterocycles. The van der Waals surface area contributed by atoms with Gasteiger partial charge in [0.15, 0.2) is 5.82 Å². The summed E-state index contributed by atoms with van der Waals surface area (Å²) in [5, 5.41) is 14.5. The second-order valence-corrected chi connectivity index (χ2v) is 11.6. The van der Waals surface area contributed by atoms with Crippen molar-refractivity contribution in [2.24, 2.45) is 11.8 Å². The van der Waals surface area contributed by atoms with E-state index < -0.39 is 0 Å². The lowest BCUT2D eigenvalue weighted by Crippen LogP contribution is -2.69. The van der Waals surface area contributed by atoms with Crippen molar-refractivity contribution in [3.63, 3.8) is 0 Å². The van der Waals surface area contributed by atoms with Gasteiger partial charge < -0.3 is 20.3 Å². The summed E-state index contributed by atoms with van der Waals surface area (Å²) in [6.45, 7) is 6.94. The first kappa shape index (κ1) is 26.0. The predicted molar refractivity (Wildman–Crippen MR) is 146 cm³/mol. The molecule has 6 nitrogen and oxygen atoms in total. The number of rotatable bonds is 5. The molecule has 1 aromatic rings. The highest BCUT2D eigenvalue weighted by atomic mass is 19.1. The number of nitrogens with zero attached hydrogens (tertiary/aromatic N) is 1. The first-order chi connectivity index (χ1) is 17.5. The maximum Gasteiger partial charge on any atom is 0.157 e. The van der Waals surface area contributed by atoms with Gasteiger partial charge in [-0.15, -0.1) is 0 Å². The molecule has 5 atom stereocenters. The molecule has 200 valence electrons. The van der Waals surface area contributed by atoms with E-state index >= 15 is 4.39 Å². The number of hydrogen-bond donors (Lipinski definition) is 4. The first-order valence-electron chi connectivity index (χ1n) is 14.3. The van der Waals surface area contributed by atoms with Crippen molar-refractivity contribution in [3.8, 4) is 5.75 Å². The van der Waals surface area contributed by atoms with Gasteiger partial charge >= 0.3 is 0 Å². The summed E-state index contributed by atoms with van der Waals surface area (Å²) in [6, 6.07) is 2.30. The Bertz CT molecular complexity index is 944. The Labute approximate surface area is 216 Å². The van der Waals surface area contributed by atoms with Crippen LogP contribution < -0.4 is 26.0 Å². The van der Waals surface area contributed by atoms with Crippen molar-refractivity contribution in [1.29, 1.82) is 0 Å². The van der Waals surface area contributed by atoms with Gasteiger partial charge in [-0.2, -0.15) is 0 Å². The van der Waals surface area contributed by atoms with Crippen LogP contribution in [0.1, 0.15) is 82.3 Å². The standard InChI is InChI=1S/C29H46FN5O/c1-18-17-36-27-22(18)16-23(26(30)25(27)21-12-9-14-35(4)15-13-21)33-29-32-19(2)24(28(31-3)34-29)20-10-7-5-6-8-11-20/h13,16,18-20,24,28-29,31-34H,5-12,14-15,17H2,1-4H3. The summed E-state index contributed by atoms with van der Waals surface area (Å²) >= 11 is 0. The second kappa shape index (κ2) is 11.4. The second-order valence-electron chi connectivity index (χ2n) is 11.6. The van der Waals surface area contributed by atoms with E-state index in [9.17, 15) is 0 Å². The summed E-state index contributed by atoms with van der Waals surface area (Å²) in [5.74, 6) is 2.03. The Hall–Kier alpha value is -1.67. The highest BCUT2D eigenvalue weighted by Crippen LogP contribution is 2.45. The van der Waals surface area contributed by atoms with Crippen LogP contribution in [0.5, 0.6) is 5.75 Å². The summed E-state index contributed by atoms with van der Waals surface area (Å²) in [7, 11) is 4.16. The fraction of sp³-hybridized carbons (Fsp3) is 0.724. The third kappa shape index (κ3) is 5.31. The molecular weight excluding hydrogens is 453 g/mol. The monoisotopic (exact) mass is 499 g/mol. The number of benzene rings is 1. The van der Waals surface area contributed by atoms with E-state index in [1.54, 1.807) is 0 Å². The average Bonchev–Trinajstić information content (AvgIpc) is 3.05. The van der Waals surface area contributed by atoms with E-state index in [1.165, 1.54) is 38.5 Å². The van der Waals surface area contributed by atoms with Crippen LogP contribution in [0.15, 0.2) is 12.1 Å². The van der Waals surface area contributed by atoms with Crippen LogP contribution in [-0.4, -0.2) is 57.2 Å². The lowest BCUT2D eigenvalue weighted by atomic mass is 9.78. The van der Waals surface area contributed by atoms with Gasteiger partial charge in [0.2, 0.25) is 0 Å². The number of allylic oxidation sites excluding steroid dienone is 1. The fourth-order valence-electron chi connectivity index (χ4n) is 6.99. The van der Waals surface area contributed by atoms with Crippen molar-refractivity contribution in [1.82, 2.24) is 20.9 Å².